The molecule has 0 N–H and O–H groups in total. The Kier molecular flexibility index (Phi) is 5.57. The lowest BCUT2D eigenvalue weighted by atomic mass is 10.1. The highest BCUT2D eigenvalue weighted by Crippen LogP contribution is 2.23. The Balaban J connectivity index is 1.68. The van der Waals surface area contributed by atoms with Gasteiger partial charge in [0.25, 0.3) is 0 Å². The van der Waals surface area contributed by atoms with Crippen LogP contribution in [-0.4, -0.2) is 49.3 Å². The lowest BCUT2D eigenvalue weighted by Crippen LogP contribution is -2.58. The first-order valence-corrected chi connectivity index (χ1v) is 10.3. The number of sulfonamides is 1. The predicted molar refractivity (Wildman–Crippen MR) is 101 cm³/mol. The van der Waals surface area contributed by atoms with Crippen LogP contribution in [0.5, 0.6) is 0 Å². The van der Waals surface area contributed by atoms with Gasteiger partial charge in [-0.3, -0.25) is 4.90 Å². The number of piperazine rings is 1. The van der Waals surface area contributed by atoms with Crippen LogP contribution in [0.15, 0.2) is 65.6 Å². The van der Waals surface area contributed by atoms with E-state index in [-0.39, 0.29) is 12.1 Å². The van der Waals surface area contributed by atoms with Crippen molar-refractivity contribution in [3.63, 3.8) is 0 Å². The van der Waals surface area contributed by atoms with Crippen molar-refractivity contribution >= 4 is 10.0 Å². The van der Waals surface area contributed by atoms with E-state index in [1.165, 1.54) is 5.56 Å². The Morgan fingerprint density at radius 2 is 1.40 bits per heavy atom. The monoisotopic (exact) mass is 358 g/mol. The van der Waals surface area contributed by atoms with Crippen LogP contribution >= 0.6 is 0 Å². The molecule has 2 atom stereocenters. The van der Waals surface area contributed by atoms with Crippen LogP contribution in [0.3, 0.4) is 0 Å². The molecule has 0 saturated carbocycles. The van der Waals surface area contributed by atoms with E-state index in [9.17, 15) is 8.42 Å². The Bertz CT molecular complexity index is 766. The summed E-state index contributed by atoms with van der Waals surface area (Å²) in [4.78, 5) is 2.80. The van der Waals surface area contributed by atoms with Crippen LogP contribution in [0.25, 0.3) is 0 Å². The highest BCUT2D eigenvalue weighted by Gasteiger charge is 2.35. The van der Waals surface area contributed by atoms with Crippen LogP contribution < -0.4 is 0 Å². The van der Waals surface area contributed by atoms with Gasteiger partial charge in [-0.05, 0) is 38.0 Å². The van der Waals surface area contributed by atoms with Gasteiger partial charge in [-0.2, -0.15) is 4.31 Å². The minimum absolute atomic E-state index is 0.200. The van der Waals surface area contributed by atoms with Crippen molar-refractivity contribution in [2.24, 2.45) is 0 Å². The topological polar surface area (TPSA) is 40.6 Å². The maximum atomic E-state index is 12.9. The average Bonchev–Trinajstić information content (AvgIpc) is 2.62. The SMILES string of the molecule is CC1CN(S(=O)(=O)c2ccccc2)CC(C)N1CCc1ccccc1. The minimum atomic E-state index is -3.41. The molecule has 2 aromatic rings. The summed E-state index contributed by atoms with van der Waals surface area (Å²) in [6, 6.07) is 19.6. The molecule has 25 heavy (non-hydrogen) atoms. The third-order valence-electron chi connectivity index (χ3n) is 4.95. The third kappa shape index (κ3) is 4.11. The van der Waals surface area contributed by atoms with Gasteiger partial charge in [0.05, 0.1) is 4.90 Å². The molecule has 1 saturated heterocycles. The van der Waals surface area contributed by atoms with E-state index in [1.54, 1.807) is 28.6 Å². The Morgan fingerprint density at radius 3 is 1.96 bits per heavy atom. The second kappa shape index (κ2) is 7.68. The van der Waals surface area contributed by atoms with Crippen molar-refractivity contribution in [2.75, 3.05) is 19.6 Å². The zero-order valence-electron chi connectivity index (χ0n) is 14.9. The van der Waals surface area contributed by atoms with E-state index in [0.717, 1.165) is 13.0 Å². The first-order chi connectivity index (χ1) is 12.0. The van der Waals surface area contributed by atoms with E-state index in [2.05, 4.69) is 43.0 Å². The molecule has 134 valence electrons. The normalized spacial score (nSPS) is 22.8. The predicted octanol–water partition coefficient (Wildman–Crippen LogP) is 3.01. The number of hydrogen-bond donors (Lipinski definition) is 0. The molecule has 5 heteroatoms. The Labute approximate surface area is 151 Å². The molecule has 0 radical (unpaired) electrons. The molecular weight excluding hydrogens is 332 g/mol. The van der Waals surface area contributed by atoms with Crippen molar-refractivity contribution in [3.05, 3.63) is 66.2 Å². The maximum absolute atomic E-state index is 12.9. The van der Waals surface area contributed by atoms with Gasteiger partial charge in [-0.1, -0.05) is 48.5 Å². The van der Waals surface area contributed by atoms with Gasteiger partial charge in [0, 0.05) is 31.7 Å². The standard InChI is InChI=1S/C20H26N2O2S/c1-17-15-21(25(23,24)20-11-7-4-8-12-20)16-18(2)22(17)14-13-19-9-5-3-6-10-19/h3-12,17-18H,13-16H2,1-2H3. The summed E-state index contributed by atoms with van der Waals surface area (Å²) < 4.78 is 27.4. The van der Waals surface area contributed by atoms with Crippen LogP contribution in [-0.2, 0) is 16.4 Å². The first kappa shape index (κ1) is 18.1. The number of hydrogen-bond acceptors (Lipinski definition) is 3. The molecule has 2 aromatic carbocycles. The average molecular weight is 359 g/mol. The van der Waals surface area contributed by atoms with E-state index < -0.39 is 10.0 Å². The van der Waals surface area contributed by atoms with Gasteiger partial charge >= 0.3 is 0 Å². The molecule has 1 aliphatic heterocycles. The fourth-order valence-corrected chi connectivity index (χ4v) is 5.21. The van der Waals surface area contributed by atoms with Gasteiger partial charge in [0.15, 0.2) is 0 Å². The van der Waals surface area contributed by atoms with Gasteiger partial charge in [-0.15, -0.1) is 0 Å². The fraction of sp³-hybridized carbons (Fsp3) is 0.400. The van der Waals surface area contributed by atoms with Crippen molar-refractivity contribution < 1.29 is 8.42 Å². The van der Waals surface area contributed by atoms with E-state index in [4.69, 9.17) is 0 Å². The number of rotatable bonds is 5. The van der Waals surface area contributed by atoms with Gasteiger partial charge in [0.1, 0.15) is 0 Å². The van der Waals surface area contributed by atoms with E-state index >= 15 is 0 Å². The molecule has 3 rings (SSSR count). The molecule has 1 fully saturated rings. The molecule has 4 nitrogen and oxygen atoms in total. The lowest BCUT2D eigenvalue weighted by molar-refractivity contribution is 0.0784. The first-order valence-electron chi connectivity index (χ1n) is 8.83. The molecule has 0 spiro atoms. The molecular formula is C20H26N2O2S. The summed E-state index contributed by atoms with van der Waals surface area (Å²) in [5.74, 6) is 0. The molecule has 0 amide bonds. The van der Waals surface area contributed by atoms with Crippen LogP contribution in [0.2, 0.25) is 0 Å². The molecule has 2 unspecified atom stereocenters. The largest absolute Gasteiger partial charge is 0.295 e. The Hall–Kier alpha value is -1.69. The summed E-state index contributed by atoms with van der Waals surface area (Å²) in [7, 11) is -3.41. The second-order valence-electron chi connectivity index (χ2n) is 6.81. The fourth-order valence-electron chi connectivity index (χ4n) is 3.59. The van der Waals surface area contributed by atoms with E-state index in [1.807, 2.05) is 12.1 Å². The summed E-state index contributed by atoms with van der Waals surface area (Å²) in [5, 5.41) is 0. The third-order valence-corrected chi connectivity index (χ3v) is 6.80. The summed E-state index contributed by atoms with van der Waals surface area (Å²) >= 11 is 0. The van der Waals surface area contributed by atoms with Crippen LogP contribution in [0.4, 0.5) is 0 Å². The van der Waals surface area contributed by atoms with Crippen LogP contribution in [0, 0.1) is 0 Å². The highest BCUT2D eigenvalue weighted by atomic mass is 32.2. The number of benzene rings is 2. The summed E-state index contributed by atoms with van der Waals surface area (Å²) in [6.07, 6.45) is 0.987. The zero-order valence-corrected chi connectivity index (χ0v) is 15.7. The quantitative estimate of drug-likeness (QED) is 0.825. The van der Waals surface area contributed by atoms with Crippen molar-refractivity contribution in [2.45, 2.75) is 37.2 Å². The van der Waals surface area contributed by atoms with Gasteiger partial charge in [0.2, 0.25) is 10.0 Å². The zero-order chi connectivity index (χ0) is 17.9. The van der Waals surface area contributed by atoms with Crippen molar-refractivity contribution in [1.82, 2.24) is 9.21 Å². The summed E-state index contributed by atoms with van der Waals surface area (Å²) in [5.41, 5.74) is 1.32. The highest BCUT2D eigenvalue weighted by molar-refractivity contribution is 7.89. The molecule has 0 aliphatic carbocycles. The van der Waals surface area contributed by atoms with E-state index in [0.29, 0.717) is 18.0 Å². The van der Waals surface area contributed by atoms with Crippen molar-refractivity contribution in [3.8, 4) is 0 Å². The Morgan fingerprint density at radius 1 is 0.880 bits per heavy atom. The molecule has 0 aromatic heterocycles. The molecule has 1 heterocycles. The maximum Gasteiger partial charge on any atom is 0.243 e. The van der Waals surface area contributed by atoms with Gasteiger partial charge in [-0.25, -0.2) is 8.42 Å². The van der Waals surface area contributed by atoms with Crippen LogP contribution in [0.1, 0.15) is 19.4 Å². The lowest BCUT2D eigenvalue weighted by Gasteiger charge is -2.43. The smallest absolute Gasteiger partial charge is 0.243 e. The summed E-state index contributed by atoms with van der Waals surface area (Å²) in [6.45, 7) is 6.26. The molecule has 1 aliphatic rings. The van der Waals surface area contributed by atoms with Crippen molar-refractivity contribution in [1.29, 1.82) is 0 Å². The minimum Gasteiger partial charge on any atom is -0.295 e. The number of nitrogens with zero attached hydrogens (tertiary/aromatic N) is 2. The molecule has 0 bridgehead atoms. The second-order valence-corrected chi connectivity index (χ2v) is 8.74. The van der Waals surface area contributed by atoms with Gasteiger partial charge < -0.3 is 0 Å².